The van der Waals surface area contributed by atoms with Crippen LogP contribution in [0, 0.1) is 0 Å². The summed E-state index contributed by atoms with van der Waals surface area (Å²) in [4.78, 5) is 12.0. The number of halogens is 4. The zero-order valence-electron chi connectivity index (χ0n) is 14.5. The number of carbonyl (C=O) groups is 1. The summed E-state index contributed by atoms with van der Waals surface area (Å²) < 4.78 is 62.7. The van der Waals surface area contributed by atoms with Crippen molar-refractivity contribution in [2.45, 2.75) is 6.18 Å². The van der Waals surface area contributed by atoms with Gasteiger partial charge in [0, 0.05) is 5.56 Å². The van der Waals surface area contributed by atoms with E-state index in [0.717, 1.165) is 30.5 Å². The molecule has 142 valence electrons. The van der Waals surface area contributed by atoms with Gasteiger partial charge in [-0.05, 0) is 29.3 Å². The third-order valence-corrected chi connectivity index (χ3v) is 3.64. The highest BCUT2D eigenvalue weighted by Gasteiger charge is 2.30. The molecule has 0 bridgehead atoms. The van der Waals surface area contributed by atoms with Gasteiger partial charge in [-0.1, -0.05) is 36.4 Å². The van der Waals surface area contributed by atoms with E-state index in [-0.39, 0.29) is 16.7 Å². The molecule has 0 radical (unpaired) electrons. The van der Waals surface area contributed by atoms with Crippen LogP contribution >= 0.6 is 0 Å². The minimum atomic E-state index is -4.58. The first-order valence-electron chi connectivity index (χ1n) is 7.73. The summed E-state index contributed by atoms with van der Waals surface area (Å²) in [6, 6.07) is 10.2. The highest BCUT2D eigenvalue weighted by Crippen LogP contribution is 2.32. The van der Waals surface area contributed by atoms with Gasteiger partial charge in [0.1, 0.15) is 11.4 Å². The smallest absolute Gasteiger partial charge is 0.416 e. The van der Waals surface area contributed by atoms with Gasteiger partial charge in [-0.25, -0.2) is 9.18 Å². The Labute approximate surface area is 153 Å². The van der Waals surface area contributed by atoms with Crippen LogP contribution in [0.15, 0.2) is 54.8 Å². The number of benzene rings is 2. The van der Waals surface area contributed by atoms with Crippen LogP contribution in [0.4, 0.5) is 17.6 Å². The molecule has 0 aromatic heterocycles. The monoisotopic (exact) mass is 380 g/mol. The second-order valence-corrected chi connectivity index (χ2v) is 5.42. The second kappa shape index (κ2) is 8.53. The van der Waals surface area contributed by atoms with Crippen LogP contribution in [0.5, 0.6) is 0 Å². The zero-order chi connectivity index (χ0) is 20.0. The molecule has 27 heavy (non-hydrogen) atoms. The maximum Gasteiger partial charge on any atom is 0.416 e. The number of hydrogen-bond donors (Lipinski definition) is 0. The zero-order valence-corrected chi connectivity index (χ0v) is 14.5. The molecular weight excluding hydrogens is 364 g/mol. The number of carbonyl (C=O) groups excluding carboxylic acids is 1. The van der Waals surface area contributed by atoms with Crippen LogP contribution in [-0.4, -0.2) is 20.2 Å². The van der Waals surface area contributed by atoms with E-state index in [1.165, 1.54) is 26.4 Å². The maximum absolute atomic E-state index is 14.6. The molecule has 2 aromatic carbocycles. The van der Waals surface area contributed by atoms with Gasteiger partial charge < -0.3 is 9.47 Å². The molecule has 0 saturated heterocycles. The van der Waals surface area contributed by atoms with Crippen molar-refractivity contribution in [3.8, 4) is 0 Å². The van der Waals surface area contributed by atoms with Crippen molar-refractivity contribution >= 4 is 23.4 Å². The van der Waals surface area contributed by atoms with E-state index in [1.807, 2.05) is 0 Å². The second-order valence-electron chi connectivity index (χ2n) is 5.42. The molecule has 0 atom stereocenters. The van der Waals surface area contributed by atoms with Crippen LogP contribution in [-0.2, 0) is 20.4 Å². The van der Waals surface area contributed by atoms with E-state index in [2.05, 4.69) is 0 Å². The van der Waals surface area contributed by atoms with Crippen molar-refractivity contribution in [3.05, 3.63) is 77.0 Å². The lowest BCUT2D eigenvalue weighted by atomic mass is 9.99. The van der Waals surface area contributed by atoms with Gasteiger partial charge in [-0.3, -0.25) is 0 Å². The number of esters is 1. The van der Waals surface area contributed by atoms with Crippen molar-refractivity contribution in [2.24, 2.45) is 0 Å². The Hall–Kier alpha value is -3.09. The molecule has 0 aliphatic carbocycles. The van der Waals surface area contributed by atoms with Crippen LogP contribution in [0.2, 0.25) is 0 Å². The van der Waals surface area contributed by atoms with Gasteiger partial charge in [-0.15, -0.1) is 0 Å². The molecule has 0 unspecified atom stereocenters. The van der Waals surface area contributed by atoms with Crippen molar-refractivity contribution < 1.29 is 31.8 Å². The fourth-order valence-corrected chi connectivity index (χ4v) is 2.38. The van der Waals surface area contributed by atoms with Crippen LogP contribution < -0.4 is 0 Å². The van der Waals surface area contributed by atoms with E-state index < -0.39 is 23.5 Å². The first kappa shape index (κ1) is 20.2. The molecule has 2 rings (SSSR count). The van der Waals surface area contributed by atoms with E-state index in [4.69, 9.17) is 9.47 Å². The third kappa shape index (κ3) is 4.97. The fourth-order valence-electron chi connectivity index (χ4n) is 2.38. The van der Waals surface area contributed by atoms with Gasteiger partial charge in [0.05, 0.1) is 26.0 Å². The Balaban J connectivity index is 2.51. The normalized spacial score (nSPS) is 12.7. The first-order valence-corrected chi connectivity index (χ1v) is 7.73. The summed E-state index contributed by atoms with van der Waals surface area (Å²) in [5.74, 6) is -1.58. The highest BCUT2D eigenvalue weighted by atomic mass is 19.4. The third-order valence-electron chi connectivity index (χ3n) is 3.64. The molecule has 0 heterocycles. The highest BCUT2D eigenvalue weighted by molar-refractivity contribution is 6.17. The quantitative estimate of drug-likeness (QED) is 0.231. The molecule has 0 spiro atoms. The summed E-state index contributed by atoms with van der Waals surface area (Å²) in [7, 11) is 2.53. The Kier molecular flexibility index (Phi) is 6.39. The number of ether oxygens (including phenoxy) is 2. The van der Waals surface area contributed by atoms with Crippen molar-refractivity contribution in [1.82, 2.24) is 0 Å². The molecule has 0 fully saturated rings. The van der Waals surface area contributed by atoms with Crippen molar-refractivity contribution in [1.29, 1.82) is 0 Å². The summed E-state index contributed by atoms with van der Waals surface area (Å²) in [6.45, 7) is 0. The van der Waals surface area contributed by atoms with Gasteiger partial charge >= 0.3 is 12.1 Å². The minimum Gasteiger partial charge on any atom is -0.503 e. The fraction of sp³-hybridized carbons (Fsp3) is 0.150. The number of hydrogen-bond acceptors (Lipinski definition) is 3. The van der Waals surface area contributed by atoms with Gasteiger partial charge in [0.15, 0.2) is 0 Å². The lowest BCUT2D eigenvalue weighted by Crippen LogP contribution is -2.06. The first-order chi connectivity index (χ1) is 12.8. The number of alkyl halides is 3. The van der Waals surface area contributed by atoms with Crippen molar-refractivity contribution in [3.63, 3.8) is 0 Å². The molecule has 0 amide bonds. The number of methoxy groups -OCH3 is 2. The molecule has 2 aromatic rings. The van der Waals surface area contributed by atoms with E-state index in [9.17, 15) is 22.4 Å². The molecule has 7 heteroatoms. The average Bonchev–Trinajstić information content (AvgIpc) is 2.65. The van der Waals surface area contributed by atoms with Gasteiger partial charge in [-0.2, -0.15) is 13.2 Å². The van der Waals surface area contributed by atoms with Crippen molar-refractivity contribution in [2.75, 3.05) is 14.2 Å². The topological polar surface area (TPSA) is 35.5 Å². The molecule has 0 N–H and O–H groups in total. The van der Waals surface area contributed by atoms with Gasteiger partial charge in [0.2, 0.25) is 0 Å². The predicted octanol–water partition coefficient (Wildman–Crippen LogP) is 5.33. The Morgan fingerprint density at radius 3 is 2.37 bits per heavy atom. The minimum absolute atomic E-state index is 0.0451. The molecule has 0 saturated carbocycles. The largest absolute Gasteiger partial charge is 0.503 e. The molecule has 3 nitrogen and oxygen atoms in total. The van der Waals surface area contributed by atoms with Gasteiger partial charge in [0.25, 0.3) is 0 Å². The SMILES string of the molecule is COC=C(C(=O)OC)c1ccccc1C=C(F)c1cccc(C(F)(F)F)c1. The Morgan fingerprint density at radius 1 is 1.04 bits per heavy atom. The predicted molar refractivity (Wildman–Crippen MR) is 93.9 cm³/mol. The summed E-state index contributed by atoms with van der Waals surface area (Å²) in [6.07, 6.45) is -2.37. The lowest BCUT2D eigenvalue weighted by Gasteiger charge is -2.10. The standard InChI is InChI=1S/C20H16F4O3/c1-26-12-17(19(25)27-2)16-9-4-3-6-13(16)11-18(21)14-7-5-8-15(10-14)20(22,23)24/h3-12H,1-2H3. The Bertz CT molecular complexity index is 883. The van der Waals surface area contributed by atoms with Crippen LogP contribution in [0.3, 0.4) is 0 Å². The lowest BCUT2D eigenvalue weighted by molar-refractivity contribution is -0.137. The van der Waals surface area contributed by atoms with E-state index in [1.54, 1.807) is 18.2 Å². The molecule has 0 aliphatic heterocycles. The summed E-state index contributed by atoms with van der Waals surface area (Å²) in [5, 5.41) is 0. The summed E-state index contributed by atoms with van der Waals surface area (Å²) in [5.41, 5.74) is -0.542. The van der Waals surface area contributed by atoms with Crippen LogP contribution in [0.1, 0.15) is 22.3 Å². The Morgan fingerprint density at radius 2 is 1.74 bits per heavy atom. The maximum atomic E-state index is 14.6. The molecular formula is C20H16F4O3. The molecule has 0 aliphatic rings. The van der Waals surface area contributed by atoms with E-state index >= 15 is 0 Å². The van der Waals surface area contributed by atoms with E-state index in [0.29, 0.717) is 5.56 Å². The number of rotatable bonds is 5. The summed E-state index contributed by atoms with van der Waals surface area (Å²) >= 11 is 0. The van der Waals surface area contributed by atoms with Crippen LogP contribution in [0.25, 0.3) is 17.5 Å². The average molecular weight is 380 g/mol.